The number of carbonyl (C=O) groups is 2. The van der Waals surface area contributed by atoms with Crippen LogP contribution in [0.2, 0.25) is 0 Å². The van der Waals surface area contributed by atoms with Crippen molar-refractivity contribution in [2.24, 2.45) is 0 Å². The van der Waals surface area contributed by atoms with E-state index in [1.165, 1.54) is 154 Å². The van der Waals surface area contributed by atoms with Crippen LogP contribution in [0.3, 0.4) is 0 Å². The molecule has 0 heterocycles. The van der Waals surface area contributed by atoms with Gasteiger partial charge in [-0.2, -0.15) is 0 Å². The van der Waals surface area contributed by atoms with E-state index < -0.39 is 5.97 Å². The minimum absolute atomic E-state index is 0.00580. The molecule has 0 aromatic carbocycles. The number of esters is 1. The van der Waals surface area contributed by atoms with Gasteiger partial charge < -0.3 is 9.84 Å². The number of unbranched alkanes of at least 4 members (excludes halogenated alkanes) is 26. The molecule has 4 heteroatoms. The molecule has 0 spiro atoms. The molecule has 38 heavy (non-hydrogen) atoms. The third-order valence-electron chi connectivity index (χ3n) is 7.78. The highest BCUT2D eigenvalue weighted by molar-refractivity contribution is 5.69. The molecule has 0 aliphatic heterocycles. The van der Waals surface area contributed by atoms with Gasteiger partial charge in [-0.15, -0.1) is 0 Å². The Morgan fingerprint density at radius 2 is 0.711 bits per heavy atom. The summed E-state index contributed by atoms with van der Waals surface area (Å²) in [5.41, 5.74) is 0. The van der Waals surface area contributed by atoms with Gasteiger partial charge in [-0.05, 0) is 19.3 Å². The van der Waals surface area contributed by atoms with E-state index in [9.17, 15) is 9.59 Å². The van der Waals surface area contributed by atoms with Gasteiger partial charge >= 0.3 is 11.9 Å². The number of hydrogen-bond donors (Lipinski definition) is 1. The van der Waals surface area contributed by atoms with Crippen molar-refractivity contribution in [3.05, 3.63) is 0 Å². The van der Waals surface area contributed by atoms with Crippen LogP contribution in [0.1, 0.15) is 200 Å². The lowest BCUT2D eigenvalue weighted by Crippen LogP contribution is -2.05. The first-order valence-electron chi connectivity index (χ1n) is 17.0. The van der Waals surface area contributed by atoms with E-state index in [2.05, 4.69) is 6.92 Å². The van der Waals surface area contributed by atoms with Gasteiger partial charge in [0.2, 0.25) is 0 Å². The molecule has 0 saturated heterocycles. The smallest absolute Gasteiger partial charge is 0.305 e. The van der Waals surface area contributed by atoms with Gasteiger partial charge in [0, 0.05) is 12.8 Å². The maximum absolute atomic E-state index is 11.9. The first-order valence-corrected chi connectivity index (χ1v) is 17.0. The van der Waals surface area contributed by atoms with Crippen LogP contribution in [0.25, 0.3) is 0 Å². The Bertz CT molecular complexity index is 491. The van der Waals surface area contributed by atoms with Crippen LogP contribution in [0, 0.1) is 0 Å². The fourth-order valence-electron chi connectivity index (χ4n) is 5.22. The van der Waals surface area contributed by atoms with E-state index >= 15 is 0 Å². The summed E-state index contributed by atoms with van der Waals surface area (Å²) in [6, 6.07) is 0. The Morgan fingerprint density at radius 3 is 1.05 bits per heavy atom. The molecule has 0 aromatic heterocycles. The summed E-state index contributed by atoms with van der Waals surface area (Å²) in [5.74, 6) is -0.660. The van der Waals surface area contributed by atoms with Gasteiger partial charge in [-0.1, -0.05) is 167 Å². The van der Waals surface area contributed by atoms with Crippen LogP contribution >= 0.6 is 0 Å². The van der Waals surface area contributed by atoms with Crippen LogP contribution in [-0.2, 0) is 14.3 Å². The number of carboxylic acids is 1. The molecule has 0 saturated carbocycles. The third kappa shape index (κ3) is 33.0. The summed E-state index contributed by atoms with van der Waals surface area (Å²) in [6.07, 6.45) is 36.7. The molecule has 0 aliphatic carbocycles. The summed E-state index contributed by atoms with van der Waals surface area (Å²) >= 11 is 0. The lowest BCUT2D eigenvalue weighted by atomic mass is 10.0. The molecule has 226 valence electrons. The first-order chi connectivity index (χ1) is 18.7. The lowest BCUT2D eigenvalue weighted by molar-refractivity contribution is -0.144. The highest BCUT2D eigenvalue weighted by atomic mass is 16.5. The molecule has 0 amide bonds. The van der Waals surface area contributed by atoms with Gasteiger partial charge in [0.1, 0.15) is 0 Å². The fourth-order valence-corrected chi connectivity index (χ4v) is 5.22. The minimum atomic E-state index is -0.666. The Kier molecular flexibility index (Phi) is 31.3. The van der Waals surface area contributed by atoms with E-state index in [0.717, 1.165) is 25.7 Å². The highest BCUT2D eigenvalue weighted by Crippen LogP contribution is 2.15. The van der Waals surface area contributed by atoms with Crippen LogP contribution in [0.4, 0.5) is 0 Å². The molecular weight excluding hydrogens is 472 g/mol. The second-order valence-corrected chi connectivity index (χ2v) is 11.7. The number of carboxylic acid groups (broad SMARTS) is 1. The van der Waals surface area contributed by atoms with Crippen LogP contribution in [-0.4, -0.2) is 23.7 Å². The molecule has 0 radical (unpaired) electrons. The molecule has 0 aliphatic rings. The molecule has 0 atom stereocenters. The first kappa shape index (κ1) is 36.9. The van der Waals surface area contributed by atoms with Crippen LogP contribution in [0.5, 0.6) is 0 Å². The van der Waals surface area contributed by atoms with Crippen molar-refractivity contribution < 1.29 is 19.4 Å². The van der Waals surface area contributed by atoms with Gasteiger partial charge in [0.25, 0.3) is 0 Å². The monoisotopic (exact) mass is 538 g/mol. The third-order valence-corrected chi connectivity index (χ3v) is 7.78. The van der Waals surface area contributed by atoms with E-state index in [1.807, 2.05) is 0 Å². The Hall–Kier alpha value is -1.06. The summed E-state index contributed by atoms with van der Waals surface area (Å²) < 4.78 is 5.42. The summed E-state index contributed by atoms with van der Waals surface area (Å²) in [7, 11) is 0. The van der Waals surface area contributed by atoms with Gasteiger partial charge in [0.05, 0.1) is 6.61 Å². The number of rotatable bonds is 32. The van der Waals surface area contributed by atoms with Gasteiger partial charge in [-0.25, -0.2) is 0 Å². The lowest BCUT2D eigenvalue weighted by Gasteiger charge is -2.06. The Labute approximate surface area is 237 Å². The van der Waals surface area contributed by atoms with E-state index in [4.69, 9.17) is 9.84 Å². The van der Waals surface area contributed by atoms with Gasteiger partial charge in [0.15, 0.2) is 0 Å². The minimum Gasteiger partial charge on any atom is -0.481 e. The fraction of sp³-hybridized carbons (Fsp3) is 0.941. The average molecular weight is 539 g/mol. The molecule has 4 nitrogen and oxygen atoms in total. The molecular formula is C34H66O4. The van der Waals surface area contributed by atoms with Crippen molar-refractivity contribution in [2.75, 3.05) is 6.61 Å². The molecule has 1 N–H and O–H groups in total. The predicted octanol–water partition coefficient (Wildman–Crippen LogP) is 11.3. The normalized spacial score (nSPS) is 11.2. The topological polar surface area (TPSA) is 63.6 Å². The van der Waals surface area contributed by atoms with Crippen molar-refractivity contribution >= 4 is 11.9 Å². The van der Waals surface area contributed by atoms with Crippen molar-refractivity contribution in [1.82, 2.24) is 0 Å². The summed E-state index contributed by atoms with van der Waals surface area (Å²) in [5, 5.41) is 8.62. The maximum Gasteiger partial charge on any atom is 0.305 e. The van der Waals surface area contributed by atoms with Crippen molar-refractivity contribution in [2.45, 2.75) is 200 Å². The van der Waals surface area contributed by atoms with E-state index in [-0.39, 0.29) is 5.97 Å². The SMILES string of the molecule is CCCCCCCCCCCCCCCC(=O)OCCCCCCCCCCCCCCCCCC(=O)O. The van der Waals surface area contributed by atoms with Crippen LogP contribution in [0.15, 0.2) is 0 Å². The molecule has 0 fully saturated rings. The maximum atomic E-state index is 11.9. The summed E-state index contributed by atoms with van der Waals surface area (Å²) in [4.78, 5) is 22.3. The second kappa shape index (κ2) is 32.2. The average Bonchev–Trinajstić information content (AvgIpc) is 2.90. The molecule has 0 bridgehead atoms. The second-order valence-electron chi connectivity index (χ2n) is 11.7. The molecule has 0 aromatic rings. The summed E-state index contributed by atoms with van der Waals surface area (Å²) in [6.45, 7) is 2.88. The Morgan fingerprint density at radius 1 is 0.421 bits per heavy atom. The number of hydrogen-bond acceptors (Lipinski definition) is 3. The zero-order valence-corrected chi connectivity index (χ0v) is 25.6. The Balaban J connectivity index is 3.15. The van der Waals surface area contributed by atoms with E-state index in [1.54, 1.807) is 0 Å². The van der Waals surface area contributed by atoms with Crippen molar-refractivity contribution in [1.29, 1.82) is 0 Å². The zero-order valence-electron chi connectivity index (χ0n) is 25.6. The van der Waals surface area contributed by atoms with E-state index in [0.29, 0.717) is 19.4 Å². The predicted molar refractivity (Wildman–Crippen MR) is 163 cm³/mol. The number of ether oxygens (including phenoxy) is 1. The number of aliphatic carboxylic acids is 1. The highest BCUT2D eigenvalue weighted by Gasteiger charge is 2.03. The molecule has 0 unspecified atom stereocenters. The van der Waals surface area contributed by atoms with Crippen molar-refractivity contribution in [3.8, 4) is 0 Å². The quantitative estimate of drug-likeness (QED) is 0.0683. The number of carbonyl (C=O) groups excluding carboxylic acids is 1. The largest absolute Gasteiger partial charge is 0.481 e. The van der Waals surface area contributed by atoms with Gasteiger partial charge in [-0.3, -0.25) is 9.59 Å². The standard InChI is InChI=1S/C34H66O4/c1-2-3-4-5-6-7-8-12-16-19-22-25-28-31-34(37)38-32-29-26-23-20-17-14-11-9-10-13-15-18-21-24-27-30-33(35)36/h2-32H2,1H3,(H,35,36). The molecule has 0 rings (SSSR count). The van der Waals surface area contributed by atoms with Crippen LogP contribution < -0.4 is 0 Å². The van der Waals surface area contributed by atoms with Crippen molar-refractivity contribution in [3.63, 3.8) is 0 Å². The zero-order chi connectivity index (χ0) is 27.8.